The summed E-state index contributed by atoms with van der Waals surface area (Å²) in [4.78, 5) is 13.3. The maximum atomic E-state index is 13.3. The summed E-state index contributed by atoms with van der Waals surface area (Å²) < 4.78 is 8.29. The molecule has 4 nitrogen and oxygen atoms in total. The van der Waals surface area contributed by atoms with Gasteiger partial charge in [0.1, 0.15) is 5.60 Å². The molecule has 0 amide bonds. The lowest BCUT2D eigenvalue weighted by Crippen LogP contribution is -2.57. The first-order chi connectivity index (χ1) is 11.6. The van der Waals surface area contributed by atoms with Gasteiger partial charge < -0.3 is 14.4 Å². The Kier molecular flexibility index (Phi) is 3.55. The van der Waals surface area contributed by atoms with Crippen molar-refractivity contribution in [2.45, 2.75) is 56.1 Å². The number of benzene rings is 1. The number of aryl methyl sites for hydroxylation is 1. The van der Waals surface area contributed by atoms with Crippen molar-refractivity contribution >= 4 is 22.5 Å². The van der Waals surface area contributed by atoms with E-state index < -0.39 is 16.6 Å². The maximum Gasteiger partial charge on any atom is 0.201 e. The quantitative estimate of drug-likeness (QED) is 0.730. The van der Waals surface area contributed by atoms with E-state index in [2.05, 4.69) is 13.8 Å². The zero-order valence-corrected chi connectivity index (χ0v) is 15.8. The fourth-order valence-electron chi connectivity index (χ4n) is 4.72. The molecule has 1 N–H and O–H groups in total. The first-order valence-corrected chi connectivity index (χ1v) is 9.26. The Morgan fingerprint density at radius 3 is 2.68 bits per heavy atom. The molecule has 1 saturated carbocycles. The van der Waals surface area contributed by atoms with E-state index in [-0.39, 0.29) is 17.3 Å². The van der Waals surface area contributed by atoms with E-state index in [4.69, 9.17) is 16.3 Å². The average molecular weight is 362 g/mol. The largest absolute Gasteiger partial charge is 0.472 e. The number of hydrogen-bond donors (Lipinski definition) is 1. The molecule has 4 rings (SSSR count). The minimum absolute atomic E-state index is 0.0300. The highest BCUT2D eigenvalue weighted by molar-refractivity contribution is 6.22. The van der Waals surface area contributed by atoms with Crippen LogP contribution >= 0.6 is 11.6 Å². The lowest BCUT2D eigenvalue weighted by Gasteiger charge is -2.52. The zero-order chi connectivity index (χ0) is 18.1. The molecule has 1 fully saturated rings. The monoisotopic (exact) mass is 361 g/mol. The number of pyridine rings is 1. The van der Waals surface area contributed by atoms with Gasteiger partial charge in [-0.15, -0.1) is 11.6 Å². The molecular weight excluding hydrogens is 338 g/mol. The third-order valence-electron chi connectivity index (χ3n) is 6.18. The fraction of sp³-hybridized carbons (Fsp3) is 0.550. The Balaban J connectivity index is 2.07. The molecule has 0 spiro atoms. The Bertz CT molecular complexity index is 915. The summed E-state index contributed by atoms with van der Waals surface area (Å²) in [5.41, 5.74) is -0.0184. The summed E-state index contributed by atoms with van der Waals surface area (Å²) in [5, 5.41) is 10.9. The van der Waals surface area contributed by atoms with E-state index in [9.17, 15) is 9.90 Å². The highest BCUT2D eigenvalue weighted by Crippen LogP contribution is 2.54. The molecular formula is C20H24ClNO3. The molecule has 25 heavy (non-hydrogen) atoms. The summed E-state index contributed by atoms with van der Waals surface area (Å²) in [6, 6.07) is 7.56. The van der Waals surface area contributed by atoms with Crippen LogP contribution in [0.15, 0.2) is 29.1 Å². The summed E-state index contributed by atoms with van der Waals surface area (Å²) in [6.45, 7) is 5.88. The molecule has 2 aliphatic rings. The van der Waals surface area contributed by atoms with E-state index in [1.807, 2.05) is 35.9 Å². The van der Waals surface area contributed by atoms with Crippen molar-refractivity contribution in [2.24, 2.45) is 13.0 Å². The SMILES string of the molecule is Cn1c2c(c(=O)c3ccccc31)[C@H]1[C@@H](Cl)[C@](C)(O)CC[C@@H]1C(C)(C)O2. The van der Waals surface area contributed by atoms with Gasteiger partial charge in [-0.2, -0.15) is 0 Å². The molecule has 5 heteroatoms. The number of rotatable bonds is 0. The van der Waals surface area contributed by atoms with Gasteiger partial charge in [0, 0.05) is 24.3 Å². The predicted octanol–water partition coefficient (Wildman–Crippen LogP) is 3.56. The summed E-state index contributed by atoms with van der Waals surface area (Å²) in [7, 11) is 1.92. The van der Waals surface area contributed by atoms with Gasteiger partial charge in [0.2, 0.25) is 5.88 Å². The van der Waals surface area contributed by atoms with Crippen molar-refractivity contribution in [3.05, 3.63) is 40.1 Å². The number of hydrogen-bond acceptors (Lipinski definition) is 3. The molecule has 0 unspecified atom stereocenters. The predicted molar refractivity (Wildman–Crippen MR) is 99.6 cm³/mol. The lowest BCUT2D eigenvalue weighted by molar-refractivity contribution is -0.0658. The molecule has 1 aromatic carbocycles. The van der Waals surface area contributed by atoms with Crippen LogP contribution in [0, 0.1) is 5.92 Å². The molecule has 0 saturated heterocycles. The highest BCUT2D eigenvalue weighted by atomic mass is 35.5. The van der Waals surface area contributed by atoms with Gasteiger partial charge in [0.25, 0.3) is 0 Å². The van der Waals surface area contributed by atoms with Gasteiger partial charge in [-0.05, 0) is 45.7 Å². The van der Waals surface area contributed by atoms with Crippen LogP contribution in [0.1, 0.15) is 45.1 Å². The molecule has 0 bridgehead atoms. The second-order valence-electron chi connectivity index (χ2n) is 8.26. The fourth-order valence-corrected chi connectivity index (χ4v) is 5.13. The molecule has 1 aliphatic heterocycles. The standard InChI is InChI=1S/C20H24ClNO3/c1-19(2)12-9-10-20(3,24)17(21)14(12)15-16(23)11-7-5-6-8-13(11)22(4)18(15)25-19/h5-8,12,14,17,24H,9-10H2,1-4H3/t12-,14-,17+,20+/m0/s1. The van der Waals surface area contributed by atoms with Crippen molar-refractivity contribution in [1.82, 2.24) is 4.57 Å². The molecule has 134 valence electrons. The van der Waals surface area contributed by atoms with E-state index in [1.165, 1.54) is 0 Å². The number of halogens is 1. The maximum absolute atomic E-state index is 13.3. The van der Waals surface area contributed by atoms with Crippen molar-refractivity contribution in [2.75, 3.05) is 0 Å². The molecule has 1 aromatic heterocycles. The second kappa shape index (κ2) is 5.24. The van der Waals surface area contributed by atoms with E-state index in [0.29, 0.717) is 23.3 Å². The third kappa shape index (κ3) is 2.27. The van der Waals surface area contributed by atoms with Gasteiger partial charge in [-0.1, -0.05) is 12.1 Å². The first-order valence-electron chi connectivity index (χ1n) is 8.82. The molecule has 2 heterocycles. The van der Waals surface area contributed by atoms with Crippen molar-refractivity contribution in [1.29, 1.82) is 0 Å². The van der Waals surface area contributed by atoms with Crippen molar-refractivity contribution < 1.29 is 9.84 Å². The van der Waals surface area contributed by atoms with Crippen LogP contribution in [0.2, 0.25) is 0 Å². The Hall–Kier alpha value is -1.52. The Labute approximate surface area is 152 Å². The van der Waals surface area contributed by atoms with Gasteiger partial charge in [0.05, 0.1) is 22.1 Å². The van der Waals surface area contributed by atoms with Crippen LogP contribution in [0.4, 0.5) is 0 Å². The number of alkyl halides is 1. The summed E-state index contributed by atoms with van der Waals surface area (Å²) >= 11 is 6.76. The molecule has 1 aliphatic carbocycles. The second-order valence-corrected chi connectivity index (χ2v) is 8.73. The topological polar surface area (TPSA) is 51.5 Å². The lowest BCUT2D eigenvalue weighted by atomic mass is 9.63. The average Bonchev–Trinajstić information content (AvgIpc) is 2.55. The Morgan fingerprint density at radius 2 is 1.96 bits per heavy atom. The summed E-state index contributed by atoms with van der Waals surface area (Å²) in [6.07, 6.45) is 1.39. The summed E-state index contributed by atoms with van der Waals surface area (Å²) in [5.74, 6) is 0.447. The van der Waals surface area contributed by atoms with E-state index in [0.717, 1.165) is 11.9 Å². The minimum atomic E-state index is -0.996. The van der Waals surface area contributed by atoms with Crippen LogP contribution in [0.5, 0.6) is 5.88 Å². The van der Waals surface area contributed by atoms with Gasteiger partial charge in [0.15, 0.2) is 5.43 Å². The molecule has 4 atom stereocenters. The van der Waals surface area contributed by atoms with Gasteiger partial charge >= 0.3 is 0 Å². The number of aliphatic hydroxyl groups is 1. The van der Waals surface area contributed by atoms with E-state index >= 15 is 0 Å². The highest BCUT2D eigenvalue weighted by Gasteiger charge is 2.55. The minimum Gasteiger partial charge on any atom is -0.472 e. The number of nitrogens with zero attached hydrogens (tertiary/aromatic N) is 1. The Morgan fingerprint density at radius 1 is 1.28 bits per heavy atom. The van der Waals surface area contributed by atoms with E-state index in [1.54, 1.807) is 6.92 Å². The number of ether oxygens (including phenoxy) is 1. The first kappa shape index (κ1) is 16.9. The molecule has 2 aromatic rings. The normalized spacial score (nSPS) is 33.4. The molecule has 0 radical (unpaired) electrons. The number of fused-ring (bicyclic) bond motifs is 4. The van der Waals surface area contributed by atoms with Crippen molar-refractivity contribution in [3.63, 3.8) is 0 Å². The third-order valence-corrected chi connectivity index (χ3v) is 6.92. The number of para-hydroxylation sites is 1. The number of aromatic nitrogens is 1. The van der Waals surface area contributed by atoms with Crippen LogP contribution in [0.25, 0.3) is 10.9 Å². The van der Waals surface area contributed by atoms with Crippen LogP contribution < -0.4 is 10.2 Å². The smallest absolute Gasteiger partial charge is 0.201 e. The van der Waals surface area contributed by atoms with Gasteiger partial charge in [-0.25, -0.2) is 0 Å². The van der Waals surface area contributed by atoms with Crippen molar-refractivity contribution in [3.8, 4) is 5.88 Å². The van der Waals surface area contributed by atoms with Crippen LogP contribution in [-0.4, -0.2) is 26.3 Å². The van der Waals surface area contributed by atoms with Crippen LogP contribution in [-0.2, 0) is 7.05 Å². The zero-order valence-electron chi connectivity index (χ0n) is 15.0. The van der Waals surface area contributed by atoms with Gasteiger partial charge in [-0.3, -0.25) is 4.79 Å². The van der Waals surface area contributed by atoms with Crippen LogP contribution in [0.3, 0.4) is 0 Å².